The number of ether oxygens (including phenoxy) is 2. The third-order valence-electron chi connectivity index (χ3n) is 5.23. The third kappa shape index (κ3) is 3.59. The Morgan fingerprint density at radius 2 is 2.24 bits per heavy atom. The molecule has 3 nitrogen and oxygen atoms in total. The van der Waals surface area contributed by atoms with E-state index in [0.717, 1.165) is 42.0 Å². The van der Waals surface area contributed by atoms with Crippen molar-refractivity contribution in [2.24, 2.45) is 0 Å². The van der Waals surface area contributed by atoms with Crippen LogP contribution in [0.15, 0.2) is 29.0 Å². The maximum Gasteiger partial charge on any atom is 0.227 e. The van der Waals surface area contributed by atoms with Crippen LogP contribution in [0.4, 0.5) is 4.39 Å². The molecule has 2 aliphatic rings. The normalized spacial score (nSPS) is 23.9. The maximum absolute atomic E-state index is 14.1. The smallest absolute Gasteiger partial charge is 0.227 e. The number of halogens is 1. The molecular formula is C20H24FNO2S. The van der Waals surface area contributed by atoms with E-state index in [0.29, 0.717) is 12.6 Å². The average molecular weight is 361 g/mol. The highest BCUT2D eigenvalue weighted by Crippen LogP contribution is 2.38. The zero-order valence-electron chi connectivity index (χ0n) is 14.5. The molecule has 1 aromatic heterocycles. The molecule has 0 bridgehead atoms. The second-order valence-electron chi connectivity index (χ2n) is 6.90. The fourth-order valence-corrected chi connectivity index (χ4v) is 4.58. The van der Waals surface area contributed by atoms with E-state index in [1.807, 2.05) is 16.8 Å². The summed E-state index contributed by atoms with van der Waals surface area (Å²) in [5, 5.41) is 4.05. The van der Waals surface area contributed by atoms with Crippen molar-refractivity contribution in [3.05, 3.63) is 51.5 Å². The molecule has 0 radical (unpaired) electrons. The van der Waals surface area contributed by atoms with E-state index in [1.165, 1.54) is 25.3 Å². The van der Waals surface area contributed by atoms with Crippen molar-refractivity contribution in [2.75, 3.05) is 6.54 Å². The molecule has 1 saturated heterocycles. The Bertz CT molecular complexity index is 719. The topological polar surface area (TPSA) is 21.7 Å². The predicted octanol–water partition coefficient (Wildman–Crippen LogP) is 5.26. The number of hydrogen-bond acceptors (Lipinski definition) is 4. The van der Waals surface area contributed by atoms with Gasteiger partial charge in [-0.25, -0.2) is 4.39 Å². The highest BCUT2D eigenvalue weighted by atomic mass is 32.1. The lowest BCUT2D eigenvalue weighted by Crippen LogP contribution is -2.38. The van der Waals surface area contributed by atoms with Crippen molar-refractivity contribution >= 4 is 11.3 Å². The van der Waals surface area contributed by atoms with Crippen LogP contribution >= 0.6 is 11.3 Å². The molecule has 4 rings (SSSR count). The fraction of sp³-hybridized carbons (Fsp3) is 0.500. The van der Waals surface area contributed by atoms with Crippen LogP contribution in [0.5, 0.6) is 5.75 Å². The first-order valence-electron chi connectivity index (χ1n) is 9.10. The summed E-state index contributed by atoms with van der Waals surface area (Å²) in [6, 6.07) is 5.77. The van der Waals surface area contributed by atoms with Crippen LogP contribution in [-0.2, 0) is 17.9 Å². The number of hydrogen-bond donors (Lipinski definition) is 0. The standard InChI is InChI=1S/C20H24FNO2S/c1-2-18-5-3-4-7-22(18)11-15-9-17(21)10-16-12-23-20(24-19(15)16)14-6-8-25-13-14/h6,8-10,13,18,20H,2-5,7,11-12H2,1H3/t18-,20+/m1/s1. The van der Waals surface area contributed by atoms with Gasteiger partial charge >= 0.3 is 0 Å². The van der Waals surface area contributed by atoms with E-state index < -0.39 is 6.29 Å². The first kappa shape index (κ1) is 17.0. The van der Waals surface area contributed by atoms with Gasteiger partial charge in [-0.2, -0.15) is 11.3 Å². The highest BCUT2D eigenvalue weighted by Gasteiger charge is 2.28. The van der Waals surface area contributed by atoms with Crippen molar-refractivity contribution in [1.29, 1.82) is 0 Å². The molecule has 2 aliphatic heterocycles. The number of fused-ring (bicyclic) bond motifs is 1. The molecular weight excluding hydrogens is 337 g/mol. The van der Waals surface area contributed by atoms with Gasteiger partial charge in [0.15, 0.2) is 0 Å². The summed E-state index contributed by atoms with van der Waals surface area (Å²) in [6.07, 6.45) is 4.48. The summed E-state index contributed by atoms with van der Waals surface area (Å²) in [5.74, 6) is 0.601. The summed E-state index contributed by atoms with van der Waals surface area (Å²) in [6.45, 7) is 4.45. The van der Waals surface area contributed by atoms with Gasteiger partial charge in [-0.05, 0) is 49.4 Å². The minimum Gasteiger partial charge on any atom is -0.460 e. The molecule has 0 N–H and O–H groups in total. The van der Waals surface area contributed by atoms with Crippen molar-refractivity contribution in [3.8, 4) is 5.75 Å². The zero-order chi connectivity index (χ0) is 17.2. The summed E-state index contributed by atoms with van der Waals surface area (Å²) in [5.41, 5.74) is 2.78. The first-order chi connectivity index (χ1) is 12.2. The quantitative estimate of drug-likeness (QED) is 0.741. The SMILES string of the molecule is CC[C@@H]1CCCCN1Cc1cc(F)cc2c1O[C@@H](c1ccsc1)OC2. The van der Waals surface area contributed by atoms with Crippen molar-refractivity contribution in [2.45, 2.75) is 58.1 Å². The molecule has 1 fully saturated rings. The van der Waals surface area contributed by atoms with Gasteiger partial charge in [0, 0.05) is 34.7 Å². The Hall–Kier alpha value is -1.43. The first-order valence-corrected chi connectivity index (χ1v) is 10.0. The van der Waals surface area contributed by atoms with Gasteiger partial charge in [-0.15, -0.1) is 0 Å². The Morgan fingerprint density at radius 1 is 1.32 bits per heavy atom. The number of likely N-dealkylation sites (tertiary alicyclic amines) is 1. The Balaban J connectivity index is 1.61. The summed E-state index contributed by atoms with van der Waals surface area (Å²) >= 11 is 1.62. The second-order valence-corrected chi connectivity index (χ2v) is 7.68. The molecule has 2 aromatic rings. The molecule has 0 unspecified atom stereocenters. The molecule has 0 saturated carbocycles. The van der Waals surface area contributed by atoms with Gasteiger partial charge in [-0.1, -0.05) is 13.3 Å². The maximum atomic E-state index is 14.1. The van der Waals surface area contributed by atoms with Gasteiger partial charge < -0.3 is 9.47 Å². The number of nitrogens with zero attached hydrogens (tertiary/aromatic N) is 1. The number of benzene rings is 1. The Labute approximate surface area is 152 Å². The summed E-state index contributed by atoms with van der Waals surface area (Å²) in [7, 11) is 0. The van der Waals surface area contributed by atoms with Crippen LogP contribution in [0.2, 0.25) is 0 Å². The fourth-order valence-electron chi connectivity index (χ4n) is 3.92. The average Bonchev–Trinajstić information content (AvgIpc) is 3.16. The lowest BCUT2D eigenvalue weighted by molar-refractivity contribution is -0.112. The predicted molar refractivity (Wildman–Crippen MR) is 97.2 cm³/mol. The van der Waals surface area contributed by atoms with Crippen LogP contribution in [0.1, 0.15) is 55.6 Å². The summed E-state index contributed by atoms with van der Waals surface area (Å²) in [4.78, 5) is 2.48. The van der Waals surface area contributed by atoms with Crippen LogP contribution in [-0.4, -0.2) is 17.5 Å². The van der Waals surface area contributed by atoms with E-state index in [2.05, 4.69) is 11.8 Å². The molecule has 2 atom stereocenters. The van der Waals surface area contributed by atoms with Gasteiger partial charge in [0.2, 0.25) is 6.29 Å². The highest BCUT2D eigenvalue weighted by molar-refractivity contribution is 7.07. The van der Waals surface area contributed by atoms with Crippen molar-refractivity contribution in [1.82, 2.24) is 4.90 Å². The van der Waals surface area contributed by atoms with E-state index in [-0.39, 0.29) is 5.82 Å². The van der Waals surface area contributed by atoms with E-state index >= 15 is 0 Å². The van der Waals surface area contributed by atoms with Crippen molar-refractivity contribution < 1.29 is 13.9 Å². The van der Waals surface area contributed by atoms with Crippen LogP contribution < -0.4 is 4.74 Å². The van der Waals surface area contributed by atoms with Crippen LogP contribution in [0, 0.1) is 5.82 Å². The molecule has 3 heterocycles. The van der Waals surface area contributed by atoms with Gasteiger partial charge in [0.25, 0.3) is 0 Å². The number of piperidine rings is 1. The monoisotopic (exact) mass is 361 g/mol. The van der Waals surface area contributed by atoms with E-state index in [1.54, 1.807) is 17.4 Å². The van der Waals surface area contributed by atoms with E-state index in [4.69, 9.17) is 9.47 Å². The lowest BCUT2D eigenvalue weighted by Gasteiger charge is -2.36. The van der Waals surface area contributed by atoms with Gasteiger partial charge in [0.1, 0.15) is 11.6 Å². The molecule has 0 spiro atoms. The molecule has 134 valence electrons. The molecule has 5 heteroatoms. The molecule has 0 amide bonds. The molecule has 0 aliphatic carbocycles. The minimum atomic E-state index is -0.397. The van der Waals surface area contributed by atoms with Crippen LogP contribution in [0.3, 0.4) is 0 Å². The largest absolute Gasteiger partial charge is 0.460 e. The Morgan fingerprint density at radius 3 is 3.04 bits per heavy atom. The molecule has 1 aromatic carbocycles. The molecule has 25 heavy (non-hydrogen) atoms. The second kappa shape index (κ2) is 7.44. The lowest BCUT2D eigenvalue weighted by atomic mass is 9.98. The third-order valence-corrected chi connectivity index (χ3v) is 5.93. The van der Waals surface area contributed by atoms with Crippen LogP contribution in [0.25, 0.3) is 0 Å². The minimum absolute atomic E-state index is 0.208. The number of rotatable bonds is 4. The van der Waals surface area contributed by atoms with Gasteiger partial charge in [0.05, 0.1) is 6.61 Å². The summed E-state index contributed by atoms with van der Waals surface area (Å²) < 4.78 is 26.1. The van der Waals surface area contributed by atoms with Crippen molar-refractivity contribution in [3.63, 3.8) is 0 Å². The van der Waals surface area contributed by atoms with Gasteiger partial charge in [-0.3, -0.25) is 4.90 Å². The van der Waals surface area contributed by atoms with E-state index in [9.17, 15) is 4.39 Å². The number of thiophene rings is 1. The Kier molecular flexibility index (Phi) is 5.06. The zero-order valence-corrected chi connectivity index (χ0v) is 15.4.